The molecule has 1 saturated heterocycles. The van der Waals surface area contributed by atoms with Crippen molar-refractivity contribution in [1.29, 1.82) is 0 Å². The van der Waals surface area contributed by atoms with Gasteiger partial charge in [-0.25, -0.2) is 4.79 Å². The molecule has 0 radical (unpaired) electrons. The molecule has 2 aliphatic rings. The normalized spacial score (nSPS) is 18.7. The van der Waals surface area contributed by atoms with E-state index in [0.717, 1.165) is 50.4 Å². The van der Waals surface area contributed by atoms with Crippen LogP contribution in [0.4, 0.5) is 16.2 Å². The van der Waals surface area contributed by atoms with E-state index in [1.54, 1.807) is 0 Å². The minimum absolute atomic E-state index is 0.199. The average Bonchev–Trinajstić information content (AvgIpc) is 2.67. The Morgan fingerprint density at radius 1 is 0.929 bits per heavy atom. The number of carbonyl (C=O) groups excluding carboxylic acids is 2. The maximum absolute atomic E-state index is 12.7. The summed E-state index contributed by atoms with van der Waals surface area (Å²) in [4.78, 5) is 29.0. The lowest BCUT2D eigenvalue weighted by atomic mass is 9.88. The molecule has 2 fully saturated rings. The molecule has 1 aliphatic heterocycles. The van der Waals surface area contributed by atoms with E-state index in [2.05, 4.69) is 20.4 Å². The second-order valence-corrected chi connectivity index (χ2v) is 9.02. The summed E-state index contributed by atoms with van der Waals surface area (Å²) in [5.41, 5.74) is 1.64. The molecule has 154 valence electrons. The van der Waals surface area contributed by atoms with Crippen molar-refractivity contribution in [3.63, 3.8) is 0 Å². The molecule has 28 heavy (non-hydrogen) atoms. The third kappa shape index (κ3) is 5.63. The lowest BCUT2D eigenvalue weighted by Gasteiger charge is -2.38. The predicted octanol–water partition coefficient (Wildman–Crippen LogP) is 3.84. The fourth-order valence-electron chi connectivity index (χ4n) is 4.05. The van der Waals surface area contributed by atoms with Gasteiger partial charge < -0.3 is 20.4 Å². The standard InChI is InChI=1S/C22H34N4O2/c1-22(2,3)24-21(28)23-18-9-11-19(12-10-18)25-13-15-26(16-14-25)20(27)17-7-5-4-6-8-17/h9-12,17H,4-8,13-16H2,1-3H3,(H2,23,24,28). The number of hydrogen-bond donors (Lipinski definition) is 2. The van der Waals surface area contributed by atoms with Crippen molar-refractivity contribution >= 4 is 23.3 Å². The molecule has 1 heterocycles. The number of anilines is 2. The lowest BCUT2D eigenvalue weighted by molar-refractivity contribution is -0.136. The van der Waals surface area contributed by atoms with Crippen LogP contribution >= 0.6 is 0 Å². The number of rotatable bonds is 3. The number of benzene rings is 1. The summed E-state index contributed by atoms with van der Waals surface area (Å²) in [7, 11) is 0. The van der Waals surface area contributed by atoms with Crippen LogP contribution in [-0.2, 0) is 4.79 Å². The van der Waals surface area contributed by atoms with Gasteiger partial charge in [0, 0.05) is 49.0 Å². The highest BCUT2D eigenvalue weighted by Gasteiger charge is 2.28. The summed E-state index contributed by atoms with van der Waals surface area (Å²) in [5.74, 6) is 0.619. The zero-order valence-corrected chi connectivity index (χ0v) is 17.5. The van der Waals surface area contributed by atoms with E-state index >= 15 is 0 Å². The van der Waals surface area contributed by atoms with Crippen molar-refractivity contribution in [2.24, 2.45) is 5.92 Å². The Labute approximate surface area is 168 Å². The van der Waals surface area contributed by atoms with Crippen LogP contribution in [0.15, 0.2) is 24.3 Å². The molecule has 1 saturated carbocycles. The number of hydrogen-bond acceptors (Lipinski definition) is 3. The Bertz CT molecular complexity index is 667. The van der Waals surface area contributed by atoms with Crippen LogP contribution in [0.5, 0.6) is 0 Å². The molecular formula is C22H34N4O2. The molecule has 1 aromatic rings. The number of piperazine rings is 1. The SMILES string of the molecule is CC(C)(C)NC(=O)Nc1ccc(N2CCN(C(=O)C3CCCCC3)CC2)cc1. The molecule has 6 heteroatoms. The highest BCUT2D eigenvalue weighted by atomic mass is 16.2. The zero-order chi connectivity index (χ0) is 20.1. The third-order valence-electron chi connectivity index (χ3n) is 5.52. The molecule has 1 aliphatic carbocycles. The number of amides is 3. The summed E-state index contributed by atoms with van der Waals surface area (Å²) in [6, 6.07) is 7.72. The Hall–Kier alpha value is -2.24. The van der Waals surface area contributed by atoms with E-state index in [1.807, 2.05) is 45.0 Å². The van der Waals surface area contributed by atoms with Gasteiger partial charge in [0.1, 0.15) is 0 Å². The molecule has 0 unspecified atom stereocenters. The van der Waals surface area contributed by atoms with Crippen molar-refractivity contribution in [3.8, 4) is 0 Å². The Kier molecular flexibility index (Phi) is 6.47. The Balaban J connectivity index is 1.49. The van der Waals surface area contributed by atoms with Gasteiger partial charge in [0.05, 0.1) is 0 Å². The summed E-state index contributed by atoms with van der Waals surface area (Å²) >= 11 is 0. The first kappa shape index (κ1) is 20.5. The van der Waals surface area contributed by atoms with Gasteiger partial charge in [-0.1, -0.05) is 19.3 Å². The minimum atomic E-state index is -0.265. The van der Waals surface area contributed by atoms with Crippen LogP contribution < -0.4 is 15.5 Å². The molecule has 0 spiro atoms. The summed E-state index contributed by atoms with van der Waals surface area (Å²) in [6.45, 7) is 9.16. The van der Waals surface area contributed by atoms with Crippen molar-refractivity contribution in [2.75, 3.05) is 36.4 Å². The van der Waals surface area contributed by atoms with Gasteiger partial charge in [0.15, 0.2) is 0 Å². The van der Waals surface area contributed by atoms with Crippen LogP contribution in [0.2, 0.25) is 0 Å². The molecule has 3 amide bonds. The quantitative estimate of drug-likeness (QED) is 0.830. The molecule has 0 bridgehead atoms. The smallest absolute Gasteiger partial charge is 0.319 e. The zero-order valence-electron chi connectivity index (χ0n) is 17.5. The molecule has 3 rings (SSSR count). The fourth-order valence-corrected chi connectivity index (χ4v) is 4.05. The van der Waals surface area contributed by atoms with Crippen LogP contribution in [-0.4, -0.2) is 48.6 Å². The van der Waals surface area contributed by atoms with Gasteiger partial charge >= 0.3 is 6.03 Å². The number of nitrogens with one attached hydrogen (secondary N) is 2. The van der Waals surface area contributed by atoms with Crippen LogP contribution in [0.1, 0.15) is 52.9 Å². The van der Waals surface area contributed by atoms with Crippen LogP contribution in [0, 0.1) is 5.92 Å². The van der Waals surface area contributed by atoms with E-state index in [-0.39, 0.29) is 17.5 Å². The maximum Gasteiger partial charge on any atom is 0.319 e. The van der Waals surface area contributed by atoms with Crippen molar-refractivity contribution in [3.05, 3.63) is 24.3 Å². The molecule has 1 aromatic carbocycles. The van der Waals surface area contributed by atoms with E-state index < -0.39 is 0 Å². The van der Waals surface area contributed by atoms with Gasteiger partial charge in [0.2, 0.25) is 5.91 Å². The second kappa shape index (κ2) is 8.84. The van der Waals surface area contributed by atoms with E-state index in [9.17, 15) is 9.59 Å². The lowest BCUT2D eigenvalue weighted by Crippen LogP contribution is -2.50. The highest BCUT2D eigenvalue weighted by molar-refractivity contribution is 5.89. The van der Waals surface area contributed by atoms with E-state index in [4.69, 9.17) is 0 Å². The Morgan fingerprint density at radius 2 is 1.54 bits per heavy atom. The fraction of sp³-hybridized carbons (Fsp3) is 0.636. The van der Waals surface area contributed by atoms with E-state index in [0.29, 0.717) is 5.91 Å². The first-order valence-electron chi connectivity index (χ1n) is 10.5. The number of urea groups is 1. The average molecular weight is 387 g/mol. The topological polar surface area (TPSA) is 64.7 Å². The highest BCUT2D eigenvalue weighted by Crippen LogP contribution is 2.26. The third-order valence-corrected chi connectivity index (χ3v) is 5.52. The maximum atomic E-state index is 12.7. The minimum Gasteiger partial charge on any atom is -0.368 e. The molecule has 0 atom stereocenters. The first-order chi connectivity index (χ1) is 13.3. The Morgan fingerprint density at radius 3 is 2.11 bits per heavy atom. The van der Waals surface area contributed by atoms with Crippen molar-refractivity contribution in [2.45, 2.75) is 58.4 Å². The largest absolute Gasteiger partial charge is 0.368 e. The number of carbonyl (C=O) groups is 2. The summed E-state index contributed by atoms with van der Waals surface area (Å²) in [5, 5.41) is 5.76. The monoisotopic (exact) mass is 386 g/mol. The second-order valence-electron chi connectivity index (χ2n) is 9.02. The predicted molar refractivity (Wildman–Crippen MR) is 114 cm³/mol. The van der Waals surface area contributed by atoms with Crippen molar-refractivity contribution < 1.29 is 9.59 Å². The van der Waals surface area contributed by atoms with E-state index in [1.165, 1.54) is 19.3 Å². The van der Waals surface area contributed by atoms with Gasteiger partial charge in [-0.15, -0.1) is 0 Å². The van der Waals surface area contributed by atoms with Gasteiger partial charge in [-0.3, -0.25) is 4.79 Å². The molecular weight excluding hydrogens is 352 g/mol. The van der Waals surface area contributed by atoms with Gasteiger partial charge in [-0.2, -0.15) is 0 Å². The number of nitrogens with zero attached hydrogens (tertiary/aromatic N) is 2. The molecule has 0 aromatic heterocycles. The first-order valence-corrected chi connectivity index (χ1v) is 10.5. The summed E-state index contributed by atoms with van der Waals surface area (Å²) in [6.07, 6.45) is 5.81. The van der Waals surface area contributed by atoms with Gasteiger partial charge in [0.25, 0.3) is 0 Å². The summed E-state index contributed by atoms with van der Waals surface area (Å²) < 4.78 is 0. The van der Waals surface area contributed by atoms with Crippen molar-refractivity contribution in [1.82, 2.24) is 10.2 Å². The van der Waals surface area contributed by atoms with Crippen LogP contribution in [0.25, 0.3) is 0 Å². The molecule has 2 N–H and O–H groups in total. The van der Waals surface area contributed by atoms with Gasteiger partial charge in [-0.05, 0) is 57.9 Å². The molecule has 6 nitrogen and oxygen atoms in total. The van der Waals surface area contributed by atoms with Crippen LogP contribution in [0.3, 0.4) is 0 Å².